The van der Waals surface area contributed by atoms with Crippen molar-refractivity contribution in [2.75, 3.05) is 39.4 Å². The Hall–Kier alpha value is -0.860. The molecule has 1 saturated heterocycles. The number of hydrogen-bond donors (Lipinski definition) is 2. The van der Waals surface area contributed by atoms with Gasteiger partial charge >= 0.3 is 0 Å². The van der Waals surface area contributed by atoms with Gasteiger partial charge in [0, 0.05) is 31.7 Å². The molecule has 5 nitrogen and oxygen atoms in total. The molecule has 148 valence electrons. The number of aliphatic imine (C=N–C) groups is 1. The van der Waals surface area contributed by atoms with E-state index in [1.54, 1.807) is 0 Å². The highest BCUT2D eigenvalue weighted by molar-refractivity contribution is 14.0. The van der Waals surface area contributed by atoms with E-state index in [0.29, 0.717) is 6.54 Å². The van der Waals surface area contributed by atoms with Gasteiger partial charge in [-0.2, -0.15) is 0 Å². The van der Waals surface area contributed by atoms with Crippen LogP contribution in [-0.2, 0) is 17.7 Å². The van der Waals surface area contributed by atoms with Crippen LogP contribution in [0.4, 0.5) is 0 Å². The van der Waals surface area contributed by atoms with Crippen molar-refractivity contribution in [1.82, 2.24) is 15.5 Å². The van der Waals surface area contributed by atoms with Crippen LogP contribution in [-0.4, -0.2) is 55.8 Å². The lowest BCUT2D eigenvalue weighted by atomic mass is 10.0. The second-order valence-electron chi connectivity index (χ2n) is 7.08. The van der Waals surface area contributed by atoms with Crippen molar-refractivity contribution >= 4 is 29.9 Å². The maximum Gasteiger partial charge on any atom is 0.191 e. The van der Waals surface area contributed by atoms with E-state index in [-0.39, 0.29) is 29.5 Å². The fraction of sp³-hybridized carbons (Fsp3) is 0.650. The average molecular weight is 474 g/mol. The summed E-state index contributed by atoms with van der Waals surface area (Å²) in [4.78, 5) is 7.28. The summed E-state index contributed by atoms with van der Waals surface area (Å²) < 4.78 is 5.47. The van der Waals surface area contributed by atoms with E-state index in [4.69, 9.17) is 9.73 Å². The third kappa shape index (κ3) is 7.04. The molecule has 1 aromatic rings. The van der Waals surface area contributed by atoms with Crippen molar-refractivity contribution in [1.29, 1.82) is 0 Å². The van der Waals surface area contributed by atoms with E-state index in [0.717, 1.165) is 51.8 Å². The Morgan fingerprint density at radius 2 is 1.77 bits per heavy atom. The number of halogens is 1. The first kappa shape index (κ1) is 23.2. The molecule has 2 rings (SSSR count). The third-order valence-electron chi connectivity index (χ3n) is 4.81. The molecule has 1 fully saturated rings. The molecule has 0 aliphatic carbocycles. The number of ether oxygens (including phenoxy) is 1. The standard InChI is InChI=1S/C20H34N4O.HI/c1-5-17-9-7-8-10-18(17)15-22-19(21-6-2)23-16-20(3,4)24-11-13-25-14-12-24;/h7-10H,5-6,11-16H2,1-4H3,(H2,21,22,23);1H. The Bertz CT molecular complexity index is 556. The lowest BCUT2D eigenvalue weighted by Crippen LogP contribution is -2.56. The van der Waals surface area contributed by atoms with Crippen molar-refractivity contribution in [2.24, 2.45) is 4.99 Å². The largest absolute Gasteiger partial charge is 0.379 e. The Morgan fingerprint density at radius 1 is 1.12 bits per heavy atom. The van der Waals surface area contributed by atoms with Crippen molar-refractivity contribution in [2.45, 2.75) is 46.2 Å². The molecular weight excluding hydrogens is 439 g/mol. The Kier molecular flexibility index (Phi) is 10.5. The van der Waals surface area contributed by atoms with Crippen molar-refractivity contribution in [3.63, 3.8) is 0 Å². The zero-order valence-electron chi connectivity index (χ0n) is 16.7. The van der Waals surface area contributed by atoms with E-state index >= 15 is 0 Å². The molecule has 26 heavy (non-hydrogen) atoms. The summed E-state index contributed by atoms with van der Waals surface area (Å²) in [6.07, 6.45) is 1.04. The number of morpholine rings is 1. The SMILES string of the molecule is CCNC(=NCc1ccccc1CC)NCC(C)(C)N1CCOCC1.I. The summed E-state index contributed by atoms with van der Waals surface area (Å²) in [7, 11) is 0. The summed E-state index contributed by atoms with van der Waals surface area (Å²) in [5, 5.41) is 6.88. The third-order valence-corrected chi connectivity index (χ3v) is 4.81. The Balaban J connectivity index is 0.00000338. The van der Waals surface area contributed by atoms with Gasteiger partial charge in [0.2, 0.25) is 0 Å². The van der Waals surface area contributed by atoms with Crippen LogP contribution < -0.4 is 10.6 Å². The van der Waals surface area contributed by atoms with E-state index in [1.807, 2.05) is 0 Å². The molecule has 0 aromatic heterocycles. The predicted molar refractivity (Wildman–Crippen MR) is 121 cm³/mol. The Labute approximate surface area is 176 Å². The maximum absolute atomic E-state index is 5.47. The second-order valence-corrected chi connectivity index (χ2v) is 7.08. The predicted octanol–water partition coefficient (Wildman–Crippen LogP) is 3.03. The number of benzene rings is 1. The minimum Gasteiger partial charge on any atom is -0.379 e. The fourth-order valence-corrected chi connectivity index (χ4v) is 3.14. The van der Waals surface area contributed by atoms with E-state index in [9.17, 15) is 0 Å². The van der Waals surface area contributed by atoms with Crippen LogP contribution in [0.1, 0.15) is 38.8 Å². The topological polar surface area (TPSA) is 48.9 Å². The molecule has 1 aliphatic rings. The molecule has 1 aromatic carbocycles. The van der Waals surface area contributed by atoms with E-state index < -0.39 is 0 Å². The van der Waals surface area contributed by atoms with Gasteiger partial charge in [0.15, 0.2) is 5.96 Å². The Morgan fingerprint density at radius 3 is 2.38 bits per heavy atom. The number of aryl methyl sites for hydroxylation is 1. The van der Waals surface area contributed by atoms with Gasteiger partial charge in [-0.25, -0.2) is 4.99 Å². The normalized spacial score (nSPS) is 16.1. The molecule has 0 bridgehead atoms. The first-order valence-corrected chi connectivity index (χ1v) is 9.48. The lowest BCUT2D eigenvalue weighted by Gasteiger charge is -2.41. The minimum absolute atomic E-state index is 0. The summed E-state index contributed by atoms with van der Waals surface area (Å²) >= 11 is 0. The summed E-state index contributed by atoms with van der Waals surface area (Å²) in [5.74, 6) is 0.884. The minimum atomic E-state index is 0. The van der Waals surface area contributed by atoms with Gasteiger partial charge in [0.05, 0.1) is 19.8 Å². The van der Waals surface area contributed by atoms with Gasteiger partial charge in [0.1, 0.15) is 0 Å². The number of hydrogen-bond acceptors (Lipinski definition) is 3. The van der Waals surface area contributed by atoms with Gasteiger partial charge in [-0.3, -0.25) is 4.90 Å². The zero-order valence-corrected chi connectivity index (χ0v) is 19.0. The van der Waals surface area contributed by atoms with Crippen LogP contribution >= 0.6 is 24.0 Å². The van der Waals surface area contributed by atoms with Crippen LogP contribution in [0.15, 0.2) is 29.3 Å². The van der Waals surface area contributed by atoms with Crippen molar-refractivity contribution in [3.8, 4) is 0 Å². The van der Waals surface area contributed by atoms with Crippen LogP contribution in [0.2, 0.25) is 0 Å². The quantitative estimate of drug-likeness (QED) is 0.363. The van der Waals surface area contributed by atoms with Gasteiger partial charge in [-0.1, -0.05) is 31.2 Å². The van der Waals surface area contributed by atoms with Crippen molar-refractivity contribution < 1.29 is 4.74 Å². The van der Waals surface area contributed by atoms with Gasteiger partial charge in [0.25, 0.3) is 0 Å². The molecule has 2 N–H and O–H groups in total. The highest BCUT2D eigenvalue weighted by Gasteiger charge is 2.28. The lowest BCUT2D eigenvalue weighted by molar-refractivity contribution is -0.00834. The first-order chi connectivity index (χ1) is 12.1. The summed E-state index contributed by atoms with van der Waals surface area (Å²) in [6, 6.07) is 8.54. The molecular formula is C20H35IN4O. The second kappa shape index (κ2) is 11.8. The molecule has 1 aliphatic heterocycles. The smallest absolute Gasteiger partial charge is 0.191 e. The van der Waals surface area contributed by atoms with Crippen LogP contribution in [0, 0.1) is 0 Å². The summed E-state index contributed by atoms with van der Waals surface area (Å²) in [5.41, 5.74) is 2.74. The number of nitrogens with zero attached hydrogens (tertiary/aromatic N) is 2. The van der Waals surface area contributed by atoms with E-state index in [2.05, 4.69) is 67.5 Å². The average Bonchev–Trinajstić information content (AvgIpc) is 2.65. The van der Waals surface area contributed by atoms with Crippen LogP contribution in [0.25, 0.3) is 0 Å². The zero-order chi connectivity index (χ0) is 18.1. The van der Waals surface area contributed by atoms with E-state index in [1.165, 1.54) is 11.1 Å². The number of nitrogens with one attached hydrogen (secondary N) is 2. The first-order valence-electron chi connectivity index (χ1n) is 9.48. The molecule has 0 radical (unpaired) electrons. The van der Waals surface area contributed by atoms with Gasteiger partial charge < -0.3 is 15.4 Å². The molecule has 0 spiro atoms. The molecule has 6 heteroatoms. The van der Waals surface area contributed by atoms with Crippen LogP contribution in [0.3, 0.4) is 0 Å². The molecule has 0 saturated carbocycles. The molecule has 0 atom stereocenters. The van der Waals surface area contributed by atoms with Crippen LogP contribution in [0.5, 0.6) is 0 Å². The van der Waals surface area contributed by atoms with Gasteiger partial charge in [-0.15, -0.1) is 24.0 Å². The number of guanidine groups is 1. The molecule has 1 heterocycles. The number of rotatable bonds is 7. The fourth-order valence-electron chi connectivity index (χ4n) is 3.14. The summed E-state index contributed by atoms with van der Waals surface area (Å²) in [6.45, 7) is 14.9. The highest BCUT2D eigenvalue weighted by atomic mass is 127. The highest BCUT2D eigenvalue weighted by Crippen LogP contribution is 2.15. The monoisotopic (exact) mass is 474 g/mol. The molecule has 0 amide bonds. The van der Waals surface area contributed by atoms with Crippen molar-refractivity contribution in [3.05, 3.63) is 35.4 Å². The maximum atomic E-state index is 5.47. The molecule has 0 unspecified atom stereocenters. The van der Waals surface area contributed by atoms with Gasteiger partial charge in [-0.05, 0) is 38.3 Å².